The third-order valence-electron chi connectivity index (χ3n) is 4.01. The van der Waals surface area contributed by atoms with Crippen molar-refractivity contribution >= 4 is 16.6 Å². The summed E-state index contributed by atoms with van der Waals surface area (Å²) < 4.78 is 0. The number of benzene rings is 2. The molecule has 0 radical (unpaired) electrons. The summed E-state index contributed by atoms with van der Waals surface area (Å²) in [4.78, 5) is 4.43. The molecular formula is C18H16N2. The van der Waals surface area contributed by atoms with Crippen molar-refractivity contribution in [3.8, 4) is 0 Å². The first-order valence-electron chi connectivity index (χ1n) is 7.08. The molecule has 3 aromatic rings. The Bertz CT molecular complexity index is 772. The van der Waals surface area contributed by atoms with E-state index in [0.29, 0.717) is 0 Å². The van der Waals surface area contributed by atoms with Crippen LogP contribution < -0.4 is 5.32 Å². The van der Waals surface area contributed by atoms with Gasteiger partial charge < -0.3 is 5.32 Å². The molecule has 2 heteroatoms. The largest absolute Gasteiger partial charge is 0.384 e. The van der Waals surface area contributed by atoms with Crippen molar-refractivity contribution in [2.45, 2.75) is 12.8 Å². The number of para-hydroxylation sites is 1. The molecule has 98 valence electrons. The van der Waals surface area contributed by atoms with Crippen LogP contribution in [-0.2, 0) is 12.8 Å². The minimum Gasteiger partial charge on any atom is -0.384 e. The quantitative estimate of drug-likeness (QED) is 0.758. The molecule has 1 aromatic heterocycles. The van der Waals surface area contributed by atoms with E-state index in [-0.39, 0.29) is 0 Å². The molecule has 0 spiro atoms. The molecule has 1 N–H and O–H groups in total. The van der Waals surface area contributed by atoms with Crippen LogP contribution in [0.4, 0.5) is 5.69 Å². The van der Waals surface area contributed by atoms with E-state index in [2.05, 4.69) is 52.8 Å². The van der Waals surface area contributed by atoms with Crippen LogP contribution in [0.3, 0.4) is 0 Å². The van der Waals surface area contributed by atoms with Crippen LogP contribution in [0.25, 0.3) is 10.9 Å². The maximum atomic E-state index is 4.43. The van der Waals surface area contributed by atoms with E-state index < -0.39 is 0 Å². The maximum absolute atomic E-state index is 4.43. The highest BCUT2D eigenvalue weighted by Gasteiger charge is 2.10. The predicted octanol–water partition coefficient (Wildman–Crippen LogP) is 3.79. The number of anilines is 1. The first kappa shape index (κ1) is 11.5. The Kier molecular flexibility index (Phi) is 2.66. The fourth-order valence-electron chi connectivity index (χ4n) is 3.00. The summed E-state index contributed by atoms with van der Waals surface area (Å²) in [7, 11) is 0. The van der Waals surface area contributed by atoms with Gasteiger partial charge in [0.15, 0.2) is 0 Å². The van der Waals surface area contributed by atoms with E-state index in [9.17, 15) is 0 Å². The van der Waals surface area contributed by atoms with Gasteiger partial charge in [0, 0.05) is 23.8 Å². The number of fused-ring (bicyclic) bond motifs is 2. The molecule has 2 nitrogen and oxygen atoms in total. The SMILES string of the molecule is c1ccc2c(Cc3ccc4c(c3)CCN4)ccnc2c1. The first-order valence-corrected chi connectivity index (χ1v) is 7.08. The van der Waals surface area contributed by atoms with Gasteiger partial charge in [0.1, 0.15) is 0 Å². The number of nitrogens with zero attached hydrogens (tertiary/aromatic N) is 1. The van der Waals surface area contributed by atoms with E-state index in [1.165, 1.54) is 27.8 Å². The molecular weight excluding hydrogens is 244 g/mol. The van der Waals surface area contributed by atoms with Gasteiger partial charge in [-0.3, -0.25) is 4.98 Å². The lowest BCUT2D eigenvalue weighted by molar-refractivity contribution is 1.10. The molecule has 0 saturated carbocycles. The lowest BCUT2D eigenvalue weighted by Gasteiger charge is -2.08. The summed E-state index contributed by atoms with van der Waals surface area (Å²) >= 11 is 0. The monoisotopic (exact) mass is 260 g/mol. The number of hydrogen-bond acceptors (Lipinski definition) is 2. The lowest BCUT2D eigenvalue weighted by Crippen LogP contribution is -1.92. The third kappa shape index (κ3) is 1.94. The molecule has 0 aliphatic carbocycles. The molecule has 2 aromatic carbocycles. The molecule has 0 bridgehead atoms. The lowest BCUT2D eigenvalue weighted by atomic mass is 9.99. The molecule has 2 heterocycles. The maximum Gasteiger partial charge on any atom is 0.0704 e. The fourth-order valence-corrected chi connectivity index (χ4v) is 3.00. The van der Waals surface area contributed by atoms with Gasteiger partial charge in [-0.2, -0.15) is 0 Å². The zero-order valence-corrected chi connectivity index (χ0v) is 11.3. The molecule has 0 atom stereocenters. The van der Waals surface area contributed by atoms with E-state index in [1.54, 1.807) is 0 Å². The summed E-state index contributed by atoms with van der Waals surface area (Å²) in [5.74, 6) is 0. The van der Waals surface area contributed by atoms with Crippen molar-refractivity contribution in [1.82, 2.24) is 4.98 Å². The van der Waals surface area contributed by atoms with Gasteiger partial charge in [0.25, 0.3) is 0 Å². The van der Waals surface area contributed by atoms with Gasteiger partial charge in [-0.05, 0) is 47.7 Å². The topological polar surface area (TPSA) is 24.9 Å². The van der Waals surface area contributed by atoms with Crippen molar-refractivity contribution < 1.29 is 0 Å². The number of nitrogens with one attached hydrogen (secondary N) is 1. The zero-order valence-electron chi connectivity index (χ0n) is 11.3. The van der Waals surface area contributed by atoms with Gasteiger partial charge >= 0.3 is 0 Å². The van der Waals surface area contributed by atoms with Crippen LogP contribution in [0.1, 0.15) is 16.7 Å². The second kappa shape index (κ2) is 4.64. The van der Waals surface area contributed by atoms with Crippen molar-refractivity contribution in [3.63, 3.8) is 0 Å². The minimum absolute atomic E-state index is 0.969. The van der Waals surface area contributed by atoms with Crippen LogP contribution >= 0.6 is 0 Å². The molecule has 20 heavy (non-hydrogen) atoms. The van der Waals surface area contributed by atoms with Gasteiger partial charge in [0.2, 0.25) is 0 Å². The predicted molar refractivity (Wildman–Crippen MR) is 83.2 cm³/mol. The van der Waals surface area contributed by atoms with Crippen LogP contribution in [0.2, 0.25) is 0 Å². The third-order valence-corrected chi connectivity index (χ3v) is 4.01. The molecule has 1 aliphatic rings. The first-order chi connectivity index (χ1) is 9.90. The number of rotatable bonds is 2. The minimum atomic E-state index is 0.969. The Hall–Kier alpha value is -2.35. The van der Waals surface area contributed by atoms with Crippen LogP contribution in [0.15, 0.2) is 54.7 Å². The highest BCUT2D eigenvalue weighted by atomic mass is 14.9. The van der Waals surface area contributed by atoms with Crippen molar-refractivity contribution in [1.29, 1.82) is 0 Å². The second-order valence-corrected chi connectivity index (χ2v) is 5.33. The van der Waals surface area contributed by atoms with Crippen LogP contribution in [0.5, 0.6) is 0 Å². The highest BCUT2D eigenvalue weighted by molar-refractivity contribution is 5.82. The number of hydrogen-bond donors (Lipinski definition) is 1. The smallest absolute Gasteiger partial charge is 0.0704 e. The van der Waals surface area contributed by atoms with Crippen molar-refractivity contribution in [2.75, 3.05) is 11.9 Å². The van der Waals surface area contributed by atoms with Crippen molar-refractivity contribution in [2.24, 2.45) is 0 Å². The standard InChI is InChI=1S/C18H16N2/c1-2-4-18-16(3-1)14(7-9-20-18)11-13-5-6-17-15(12-13)8-10-19-17/h1-7,9,12,19H,8,10-11H2. The molecule has 0 saturated heterocycles. The molecule has 0 amide bonds. The number of aromatic nitrogens is 1. The number of pyridine rings is 1. The highest BCUT2D eigenvalue weighted by Crippen LogP contribution is 2.25. The van der Waals surface area contributed by atoms with Crippen LogP contribution in [-0.4, -0.2) is 11.5 Å². The molecule has 4 rings (SSSR count). The van der Waals surface area contributed by atoms with Gasteiger partial charge in [-0.25, -0.2) is 0 Å². The van der Waals surface area contributed by atoms with Gasteiger partial charge in [0.05, 0.1) is 5.52 Å². The zero-order chi connectivity index (χ0) is 13.4. The Morgan fingerprint density at radius 3 is 3.00 bits per heavy atom. The summed E-state index contributed by atoms with van der Waals surface area (Å²) in [6.07, 6.45) is 4.02. The summed E-state index contributed by atoms with van der Waals surface area (Å²) in [5, 5.41) is 4.67. The van der Waals surface area contributed by atoms with Gasteiger partial charge in [-0.15, -0.1) is 0 Å². The second-order valence-electron chi connectivity index (χ2n) is 5.33. The van der Waals surface area contributed by atoms with E-state index in [4.69, 9.17) is 0 Å². The molecule has 0 unspecified atom stereocenters. The van der Waals surface area contributed by atoms with E-state index >= 15 is 0 Å². The van der Waals surface area contributed by atoms with E-state index in [0.717, 1.165) is 24.9 Å². The summed E-state index contributed by atoms with van der Waals surface area (Å²) in [6, 6.07) is 17.3. The summed E-state index contributed by atoms with van der Waals surface area (Å²) in [6.45, 7) is 1.07. The average Bonchev–Trinajstić information content (AvgIpc) is 2.95. The van der Waals surface area contributed by atoms with Crippen molar-refractivity contribution in [3.05, 3.63) is 71.4 Å². The van der Waals surface area contributed by atoms with Crippen LogP contribution in [0, 0.1) is 0 Å². The average molecular weight is 260 g/mol. The molecule has 0 fully saturated rings. The van der Waals surface area contributed by atoms with Gasteiger partial charge in [-0.1, -0.05) is 30.3 Å². The Morgan fingerprint density at radius 2 is 2.00 bits per heavy atom. The summed E-state index contributed by atoms with van der Waals surface area (Å²) in [5.41, 5.74) is 6.55. The fraction of sp³-hybridized carbons (Fsp3) is 0.167. The Labute approximate surface area is 118 Å². The molecule has 1 aliphatic heterocycles. The normalized spacial score (nSPS) is 13.2. The Balaban J connectivity index is 1.74. The van der Waals surface area contributed by atoms with E-state index in [1.807, 2.05) is 12.3 Å². The Morgan fingerprint density at radius 1 is 1.05 bits per heavy atom.